The molecule has 4 heterocycles. The summed E-state index contributed by atoms with van der Waals surface area (Å²) in [5.41, 5.74) is -0.189. The van der Waals surface area contributed by atoms with Crippen LogP contribution in [-0.4, -0.2) is 34.5 Å². The molecule has 4 aromatic heterocycles. The maximum atomic E-state index is 12.9. The van der Waals surface area contributed by atoms with E-state index in [4.69, 9.17) is 0 Å². The Hall–Kier alpha value is -2.82. The fourth-order valence-electron chi connectivity index (χ4n) is 2.47. The van der Waals surface area contributed by atoms with Gasteiger partial charge in [0.25, 0.3) is 0 Å². The zero-order valence-electron chi connectivity index (χ0n) is 13.1. The van der Waals surface area contributed by atoms with Crippen molar-refractivity contribution in [2.45, 2.75) is 17.9 Å². The summed E-state index contributed by atoms with van der Waals surface area (Å²) in [7, 11) is 0. The minimum Gasteiger partial charge on any atom is -0.277 e. The topological polar surface area (TPSA) is 69.5 Å². The predicted octanol–water partition coefficient (Wildman–Crippen LogP) is 2.35. The first kappa shape index (κ1) is 16.6. The van der Waals surface area contributed by atoms with Crippen LogP contribution >= 0.6 is 11.8 Å². The monoisotopic (exact) mass is 380 g/mol. The number of pyridine rings is 2. The van der Waals surface area contributed by atoms with Gasteiger partial charge in [0.2, 0.25) is 0 Å². The summed E-state index contributed by atoms with van der Waals surface area (Å²) in [5.74, 6) is 0.404. The number of hydrogen-bond acceptors (Lipinski definition) is 5. The van der Waals surface area contributed by atoms with Crippen LogP contribution in [0.25, 0.3) is 11.3 Å². The molecule has 134 valence electrons. The molecule has 7 nitrogen and oxygen atoms in total. The second-order valence-electron chi connectivity index (χ2n) is 5.41. The summed E-state index contributed by atoms with van der Waals surface area (Å²) >= 11 is 1.20. The van der Waals surface area contributed by atoms with Crippen molar-refractivity contribution in [3.63, 3.8) is 0 Å². The van der Waals surface area contributed by atoms with Crippen molar-refractivity contribution in [1.82, 2.24) is 28.8 Å². The second kappa shape index (κ2) is 6.16. The van der Waals surface area contributed by atoms with Gasteiger partial charge in [0.05, 0.1) is 12.1 Å². The Morgan fingerprint density at radius 3 is 2.65 bits per heavy atom. The third kappa shape index (κ3) is 2.94. The molecule has 0 aliphatic rings. The summed E-state index contributed by atoms with van der Waals surface area (Å²) in [6, 6.07) is 7.47. The molecular formula is C15H11F3N6OS. The van der Waals surface area contributed by atoms with Gasteiger partial charge in [0.1, 0.15) is 0 Å². The van der Waals surface area contributed by atoms with Crippen LogP contribution in [0.4, 0.5) is 13.2 Å². The Morgan fingerprint density at radius 1 is 1.04 bits per heavy atom. The fourth-order valence-corrected chi connectivity index (χ4v) is 3.30. The van der Waals surface area contributed by atoms with E-state index < -0.39 is 11.7 Å². The number of fused-ring (bicyclic) bond motifs is 2. The van der Waals surface area contributed by atoms with Crippen molar-refractivity contribution >= 4 is 23.1 Å². The Labute approximate surface area is 148 Å². The van der Waals surface area contributed by atoms with Gasteiger partial charge < -0.3 is 0 Å². The van der Waals surface area contributed by atoms with E-state index in [9.17, 15) is 18.0 Å². The molecule has 11 heteroatoms. The molecule has 0 unspecified atom stereocenters. The molecule has 26 heavy (non-hydrogen) atoms. The van der Waals surface area contributed by atoms with Gasteiger partial charge in [-0.1, -0.05) is 17.8 Å². The van der Waals surface area contributed by atoms with Crippen LogP contribution in [-0.2, 0) is 12.7 Å². The molecule has 0 saturated heterocycles. The summed E-state index contributed by atoms with van der Waals surface area (Å²) in [5, 5.41) is 12.3. The van der Waals surface area contributed by atoms with Crippen LogP contribution in [0.2, 0.25) is 0 Å². The highest BCUT2D eigenvalue weighted by atomic mass is 32.2. The van der Waals surface area contributed by atoms with Crippen LogP contribution < -0.4 is 5.69 Å². The lowest BCUT2D eigenvalue weighted by atomic mass is 10.3. The zero-order chi connectivity index (χ0) is 18.3. The van der Waals surface area contributed by atoms with Crippen molar-refractivity contribution in [2.75, 3.05) is 5.75 Å². The molecule has 0 amide bonds. The quantitative estimate of drug-likeness (QED) is 0.509. The van der Waals surface area contributed by atoms with Crippen molar-refractivity contribution < 1.29 is 13.2 Å². The van der Waals surface area contributed by atoms with E-state index in [-0.39, 0.29) is 5.69 Å². The number of halogens is 3. The summed E-state index contributed by atoms with van der Waals surface area (Å²) in [6.07, 6.45) is -1.85. The highest BCUT2D eigenvalue weighted by molar-refractivity contribution is 7.99. The Bertz CT molecular complexity index is 1150. The molecule has 4 aromatic rings. The average Bonchev–Trinajstić information content (AvgIpc) is 3.16. The lowest BCUT2D eigenvalue weighted by molar-refractivity contribution is -0.137. The van der Waals surface area contributed by atoms with Crippen LogP contribution in [0, 0.1) is 0 Å². The molecule has 0 radical (unpaired) electrons. The van der Waals surface area contributed by atoms with Gasteiger partial charge in [0.15, 0.2) is 16.5 Å². The molecule has 0 spiro atoms. The largest absolute Gasteiger partial charge is 0.417 e. The number of aromatic nitrogens is 6. The van der Waals surface area contributed by atoms with Gasteiger partial charge in [-0.2, -0.15) is 13.2 Å². The highest BCUT2D eigenvalue weighted by Crippen LogP contribution is 2.30. The minimum atomic E-state index is -4.44. The molecule has 0 aromatic carbocycles. The van der Waals surface area contributed by atoms with E-state index in [0.717, 1.165) is 12.3 Å². The van der Waals surface area contributed by atoms with Crippen LogP contribution in [0.1, 0.15) is 5.56 Å². The number of rotatable bonds is 4. The molecule has 0 aliphatic carbocycles. The first-order valence-corrected chi connectivity index (χ1v) is 8.51. The van der Waals surface area contributed by atoms with Crippen molar-refractivity contribution in [3.8, 4) is 0 Å². The Kier molecular flexibility index (Phi) is 3.94. The number of alkyl halides is 3. The predicted molar refractivity (Wildman–Crippen MR) is 88.2 cm³/mol. The highest BCUT2D eigenvalue weighted by Gasteiger charge is 2.31. The van der Waals surface area contributed by atoms with Crippen LogP contribution in [0.3, 0.4) is 0 Å². The number of nitrogens with zero attached hydrogens (tertiary/aromatic N) is 6. The van der Waals surface area contributed by atoms with E-state index in [1.807, 2.05) is 0 Å². The second-order valence-corrected chi connectivity index (χ2v) is 6.47. The lowest BCUT2D eigenvalue weighted by Crippen LogP contribution is -2.22. The molecule has 0 aliphatic heterocycles. The van der Waals surface area contributed by atoms with Crippen LogP contribution in [0.5, 0.6) is 0 Å². The first-order valence-electron chi connectivity index (χ1n) is 7.52. The zero-order valence-corrected chi connectivity index (χ0v) is 13.9. The van der Waals surface area contributed by atoms with E-state index in [0.29, 0.717) is 28.7 Å². The smallest absolute Gasteiger partial charge is 0.277 e. The average molecular weight is 380 g/mol. The number of thioether (sulfide) groups is 1. The maximum absolute atomic E-state index is 12.9. The first-order chi connectivity index (χ1) is 12.4. The lowest BCUT2D eigenvalue weighted by Gasteiger charge is -2.07. The summed E-state index contributed by atoms with van der Waals surface area (Å²) in [4.78, 5) is 12.2. The van der Waals surface area contributed by atoms with Crippen molar-refractivity contribution in [3.05, 3.63) is 58.8 Å². The summed E-state index contributed by atoms with van der Waals surface area (Å²) in [6.45, 7) is 0.291. The maximum Gasteiger partial charge on any atom is 0.417 e. The van der Waals surface area contributed by atoms with Gasteiger partial charge in [-0.25, -0.2) is 9.48 Å². The van der Waals surface area contributed by atoms with E-state index in [2.05, 4.69) is 15.3 Å². The SMILES string of the molecule is O=c1n(CCSc2nnc3ccc(C(F)(F)F)cn23)nc2ccccn12. The number of hydrogen-bond donors (Lipinski definition) is 0. The molecule has 0 saturated carbocycles. The van der Waals surface area contributed by atoms with E-state index in [1.54, 1.807) is 24.4 Å². The van der Waals surface area contributed by atoms with Gasteiger partial charge >= 0.3 is 11.9 Å². The van der Waals surface area contributed by atoms with Gasteiger partial charge in [-0.3, -0.25) is 8.80 Å². The van der Waals surface area contributed by atoms with Gasteiger partial charge in [-0.15, -0.1) is 15.3 Å². The van der Waals surface area contributed by atoms with Gasteiger partial charge in [0, 0.05) is 18.1 Å². The standard InChI is InChI=1S/C15H11F3N6OS/c16-15(17,18)10-4-5-11-19-20-13(23(11)9-10)26-8-7-24-14(25)22-6-2-1-3-12(22)21-24/h1-6,9H,7-8H2. The molecule has 0 fully saturated rings. The third-order valence-electron chi connectivity index (χ3n) is 3.72. The molecular weight excluding hydrogens is 369 g/mol. The molecule has 0 atom stereocenters. The van der Waals surface area contributed by atoms with Crippen LogP contribution in [0.15, 0.2) is 52.7 Å². The molecule has 0 bridgehead atoms. The Balaban J connectivity index is 1.54. The number of aryl methyl sites for hydroxylation is 1. The normalized spacial score (nSPS) is 12.3. The Morgan fingerprint density at radius 2 is 1.88 bits per heavy atom. The van der Waals surface area contributed by atoms with E-state index >= 15 is 0 Å². The van der Waals surface area contributed by atoms with Gasteiger partial charge in [-0.05, 0) is 24.3 Å². The van der Waals surface area contributed by atoms with E-state index in [1.165, 1.54) is 31.3 Å². The minimum absolute atomic E-state index is 0.272. The molecule has 0 N–H and O–H groups in total. The third-order valence-corrected chi connectivity index (χ3v) is 4.64. The van der Waals surface area contributed by atoms with Crippen molar-refractivity contribution in [1.29, 1.82) is 0 Å². The fraction of sp³-hybridized carbons (Fsp3) is 0.200. The van der Waals surface area contributed by atoms with Crippen molar-refractivity contribution in [2.24, 2.45) is 0 Å². The summed E-state index contributed by atoms with van der Waals surface area (Å²) < 4.78 is 42.6. The molecule has 4 rings (SSSR count).